The van der Waals surface area contributed by atoms with Gasteiger partial charge in [-0.25, -0.2) is 0 Å². The molecule has 1 aromatic carbocycles. The fourth-order valence-electron chi connectivity index (χ4n) is 2.50. The Hall–Kier alpha value is -2.83. The van der Waals surface area contributed by atoms with E-state index < -0.39 is 0 Å². The summed E-state index contributed by atoms with van der Waals surface area (Å²) in [5.41, 5.74) is 2.92. The summed E-state index contributed by atoms with van der Waals surface area (Å²) in [4.78, 5) is 11.8. The van der Waals surface area contributed by atoms with Gasteiger partial charge in [0, 0.05) is 13.6 Å². The fourth-order valence-corrected chi connectivity index (χ4v) is 2.50. The molecule has 23 heavy (non-hydrogen) atoms. The second-order valence-corrected chi connectivity index (χ2v) is 5.26. The van der Waals surface area contributed by atoms with E-state index in [9.17, 15) is 4.79 Å². The predicted octanol–water partition coefficient (Wildman–Crippen LogP) is 1.27. The highest BCUT2D eigenvalue weighted by molar-refractivity contribution is 5.78. The molecule has 1 N–H and O–H groups in total. The summed E-state index contributed by atoms with van der Waals surface area (Å²) in [5, 5.41) is 11.5. The third-order valence-corrected chi connectivity index (χ3v) is 3.57. The van der Waals surface area contributed by atoms with Crippen molar-refractivity contribution in [2.24, 2.45) is 7.05 Å². The van der Waals surface area contributed by atoms with Crippen LogP contribution in [-0.2, 0) is 18.4 Å². The van der Waals surface area contributed by atoms with Crippen LogP contribution in [0.15, 0.2) is 36.5 Å². The molecule has 0 aliphatic heterocycles. The van der Waals surface area contributed by atoms with Crippen molar-refractivity contribution in [2.75, 3.05) is 13.2 Å². The number of carbonyl (C=O) groups excluding carboxylic acids is 1. The fraction of sp³-hybridized carbons (Fsp3) is 0.312. The number of carbonyl (C=O) groups is 1. The van der Waals surface area contributed by atoms with Crippen LogP contribution in [0.25, 0.3) is 11.0 Å². The van der Waals surface area contributed by atoms with Crippen molar-refractivity contribution in [3.8, 4) is 5.75 Å². The third-order valence-electron chi connectivity index (χ3n) is 3.57. The van der Waals surface area contributed by atoms with Crippen molar-refractivity contribution in [3.63, 3.8) is 0 Å². The van der Waals surface area contributed by atoms with E-state index in [1.807, 2.05) is 49.0 Å². The first-order valence-electron chi connectivity index (χ1n) is 7.45. The second kappa shape index (κ2) is 6.51. The van der Waals surface area contributed by atoms with Gasteiger partial charge in [0.05, 0.1) is 18.4 Å². The average molecular weight is 313 g/mol. The Kier molecular flexibility index (Phi) is 4.27. The number of benzene rings is 1. The normalized spacial score (nSPS) is 10.9. The van der Waals surface area contributed by atoms with Gasteiger partial charge in [-0.15, -0.1) is 0 Å². The lowest BCUT2D eigenvalue weighted by atomic mass is 10.3. The minimum atomic E-state index is -0.153. The van der Waals surface area contributed by atoms with E-state index in [1.165, 1.54) is 0 Å². The average Bonchev–Trinajstić information content (AvgIpc) is 3.09. The number of fused-ring (bicyclic) bond motifs is 1. The maximum absolute atomic E-state index is 11.8. The number of amides is 1. The molecular weight excluding hydrogens is 294 g/mol. The molecule has 7 heteroatoms. The Morgan fingerprint density at radius 1 is 1.30 bits per heavy atom. The van der Waals surface area contributed by atoms with E-state index in [0.29, 0.717) is 18.8 Å². The van der Waals surface area contributed by atoms with Gasteiger partial charge >= 0.3 is 0 Å². The van der Waals surface area contributed by atoms with Crippen molar-refractivity contribution < 1.29 is 9.53 Å². The van der Waals surface area contributed by atoms with Crippen LogP contribution in [0, 0.1) is 6.92 Å². The van der Waals surface area contributed by atoms with Gasteiger partial charge in [-0.05, 0) is 19.1 Å². The van der Waals surface area contributed by atoms with E-state index >= 15 is 0 Å². The van der Waals surface area contributed by atoms with Gasteiger partial charge < -0.3 is 10.1 Å². The van der Waals surface area contributed by atoms with Gasteiger partial charge in [-0.1, -0.05) is 18.2 Å². The summed E-state index contributed by atoms with van der Waals surface area (Å²) in [6, 6.07) is 9.27. The van der Waals surface area contributed by atoms with Crippen LogP contribution in [0.2, 0.25) is 0 Å². The molecule has 0 radical (unpaired) electrons. The highest BCUT2D eigenvalue weighted by Crippen LogP contribution is 2.16. The summed E-state index contributed by atoms with van der Waals surface area (Å²) >= 11 is 0. The van der Waals surface area contributed by atoms with E-state index in [1.54, 1.807) is 10.9 Å². The molecule has 0 aliphatic rings. The van der Waals surface area contributed by atoms with E-state index in [0.717, 1.165) is 16.7 Å². The molecule has 3 rings (SSSR count). The molecule has 2 aromatic heterocycles. The monoisotopic (exact) mass is 313 g/mol. The second-order valence-electron chi connectivity index (χ2n) is 5.26. The lowest BCUT2D eigenvalue weighted by Crippen LogP contribution is -2.31. The lowest BCUT2D eigenvalue weighted by Gasteiger charge is -2.08. The van der Waals surface area contributed by atoms with Crippen molar-refractivity contribution >= 4 is 16.9 Å². The molecule has 0 saturated heterocycles. The molecule has 0 unspecified atom stereocenters. The Balaban J connectivity index is 1.49. The van der Waals surface area contributed by atoms with Crippen LogP contribution >= 0.6 is 0 Å². The quantitative estimate of drug-likeness (QED) is 0.744. The van der Waals surface area contributed by atoms with E-state index in [4.69, 9.17) is 4.74 Å². The number of aryl methyl sites for hydroxylation is 2. The number of para-hydroxylation sites is 1. The zero-order valence-electron chi connectivity index (χ0n) is 13.2. The molecule has 0 saturated carbocycles. The molecule has 2 heterocycles. The van der Waals surface area contributed by atoms with Crippen molar-refractivity contribution in [3.05, 3.63) is 42.2 Å². The van der Waals surface area contributed by atoms with Crippen LogP contribution in [0.1, 0.15) is 5.69 Å². The van der Waals surface area contributed by atoms with Gasteiger partial charge in [-0.3, -0.25) is 14.2 Å². The summed E-state index contributed by atoms with van der Waals surface area (Å²) in [6.07, 6.45) is 1.79. The van der Waals surface area contributed by atoms with Crippen LogP contribution in [-0.4, -0.2) is 38.6 Å². The number of nitrogens with one attached hydrogen (secondary N) is 1. The Morgan fingerprint density at radius 2 is 2.09 bits per heavy atom. The number of aromatic nitrogens is 4. The van der Waals surface area contributed by atoms with Gasteiger partial charge in [0.15, 0.2) is 6.61 Å². The molecule has 0 atom stereocenters. The van der Waals surface area contributed by atoms with Crippen LogP contribution in [0.5, 0.6) is 5.75 Å². The first-order valence-corrected chi connectivity index (χ1v) is 7.45. The summed E-state index contributed by atoms with van der Waals surface area (Å²) < 4.78 is 9.06. The van der Waals surface area contributed by atoms with E-state index in [-0.39, 0.29) is 12.5 Å². The number of ether oxygens (including phenoxy) is 1. The van der Waals surface area contributed by atoms with Crippen LogP contribution in [0.3, 0.4) is 0 Å². The van der Waals surface area contributed by atoms with Gasteiger partial charge in [0.25, 0.3) is 5.91 Å². The van der Waals surface area contributed by atoms with Crippen molar-refractivity contribution in [2.45, 2.75) is 13.5 Å². The molecule has 0 fully saturated rings. The van der Waals surface area contributed by atoms with Crippen LogP contribution < -0.4 is 10.1 Å². The predicted molar refractivity (Wildman–Crippen MR) is 86.2 cm³/mol. The summed E-state index contributed by atoms with van der Waals surface area (Å²) in [5.74, 6) is 0.530. The third kappa shape index (κ3) is 3.33. The number of nitrogens with zero attached hydrogens (tertiary/aromatic N) is 4. The topological polar surface area (TPSA) is 74.0 Å². The molecular formula is C16H19N5O2. The van der Waals surface area contributed by atoms with Gasteiger partial charge in [0.1, 0.15) is 16.8 Å². The Morgan fingerprint density at radius 3 is 2.87 bits per heavy atom. The van der Waals surface area contributed by atoms with Crippen molar-refractivity contribution in [1.82, 2.24) is 24.9 Å². The maximum atomic E-state index is 11.8. The highest BCUT2D eigenvalue weighted by Gasteiger charge is 2.11. The standard InChI is InChI=1S/C16H19N5O2/c1-12-16-14(20(2)19-12)10-18-21(16)9-8-17-15(22)11-23-13-6-4-3-5-7-13/h3-7,10H,8-9,11H2,1-2H3,(H,17,22). The SMILES string of the molecule is Cc1nn(C)c2cnn(CCNC(=O)COc3ccccc3)c12. The molecule has 120 valence electrons. The smallest absolute Gasteiger partial charge is 0.258 e. The molecule has 3 aromatic rings. The molecule has 0 bridgehead atoms. The van der Waals surface area contributed by atoms with E-state index in [2.05, 4.69) is 15.5 Å². The number of hydrogen-bond donors (Lipinski definition) is 1. The lowest BCUT2D eigenvalue weighted by molar-refractivity contribution is -0.123. The van der Waals surface area contributed by atoms with Gasteiger partial charge in [-0.2, -0.15) is 10.2 Å². The Bertz CT molecular complexity index is 807. The first-order chi connectivity index (χ1) is 11.1. The molecule has 7 nitrogen and oxygen atoms in total. The number of rotatable bonds is 6. The summed E-state index contributed by atoms with van der Waals surface area (Å²) in [7, 11) is 1.89. The van der Waals surface area contributed by atoms with Crippen molar-refractivity contribution in [1.29, 1.82) is 0 Å². The zero-order chi connectivity index (χ0) is 16.2. The Labute approximate surface area is 133 Å². The minimum absolute atomic E-state index is 0.00442. The molecule has 0 aliphatic carbocycles. The maximum Gasteiger partial charge on any atom is 0.258 e. The summed E-state index contributed by atoms with van der Waals surface area (Å²) in [6.45, 7) is 3.03. The first kappa shape index (κ1) is 15.1. The number of hydrogen-bond acceptors (Lipinski definition) is 4. The van der Waals surface area contributed by atoms with Gasteiger partial charge in [0.2, 0.25) is 0 Å². The highest BCUT2D eigenvalue weighted by atomic mass is 16.5. The van der Waals surface area contributed by atoms with Crippen LogP contribution in [0.4, 0.5) is 0 Å². The largest absolute Gasteiger partial charge is 0.484 e. The zero-order valence-corrected chi connectivity index (χ0v) is 13.2. The minimum Gasteiger partial charge on any atom is -0.484 e. The molecule has 1 amide bonds. The molecule has 0 spiro atoms.